The van der Waals surface area contributed by atoms with E-state index in [2.05, 4.69) is 32.6 Å². The van der Waals surface area contributed by atoms with E-state index in [9.17, 15) is 9.59 Å². The number of aryl methyl sites for hydroxylation is 1. The van der Waals surface area contributed by atoms with Gasteiger partial charge in [-0.15, -0.1) is 6.58 Å². The van der Waals surface area contributed by atoms with Gasteiger partial charge in [-0.2, -0.15) is 0 Å². The highest BCUT2D eigenvalue weighted by atomic mass is 32.2. The maximum atomic E-state index is 12.6. The van der Waals surface area contributed by atoms with Gasteiger partial charge in [-0.1, -0.05) is 61.5 Å². The lowest BCUT2D eigenvalue weighted by Crippen LogP contribution is -2.10. The monoisotopic (exact) mass is 384 g/mol. The number of carbonyl (C=O) groups is 2. The number of rotatable bonds is 7. The van der Waals surface area contributed by atoms with Crippen LogP contribution in [0.3, 0.4) is 0 Å². The van der Waals surface area contributed by atoms with Crippen molar-refractivity contribution in [3.05, 3.63) is 59.2 Å². The van der Waals surface area contributed by atoms with Crippen LogP contribution in [0.2, 0.25) is 0 Å². The maximum Gasteiger partial charge on any atom is 0.310 e. The van der Waals surface area contributed by atoms with Gasteiger partial charge in [0.2, 0.25) is 5.12 Å². The van der Waals surface area contributed by atoms with E-state index in [1.807, 2.05) is 25.1 Å². The zero-order valence-electron chi connectivity index (χ0n) is 16.4. The van der Waals surface area contributed by atoms with Crippen LogP contribution in [0.15, 0.2) is 48.1 Å². The van der Waals surface area contributed by atoms with Crippen molar-refractivity contribution in [2.75, 3.05) is 5.75 Å². The molecule has 0 spiro atoms. The summed E-state index contributed by atoms with van der Waals surface area (Å²) in [6, 6.07) is 8.19. The van der Waals surface area contributed by atoms with Crippen LogP contribution in [0, 0.1) is 17.3 Å². The topological polar surface area (TPSA) is 43.4 Å². The lowest BCUT2D eigenvalue weighted by molar-refractivity contribution is -0.147. The van der Waals surface area contributed by atoms with E-state index in [1.165, 1.54) is 22.9 Å². The molecule has 0 radical (unpaired) electrons. The Morgan fingerprint density at radius 2 is 2.11 bits per heavy atom. The second-order valence-corrected chi connectivity index (χ2v) is 9.36. The molecular formula is C23H28O3S. The third-order valence-corrected chi connectivity index (χ3v) is 6.56. The summed E-state index contributed by atoms with van der Waals surface area (Å²) >= 11 is 1.37. The minimum atomic E-state index is -0.160. The van der Waals surface area contributed by atoms with E-state index in [1.54, 1.807) is 0 Å². The number of ether oxygens (including phenoxy) is 1. The Morgan fingerprint density at radius 1 is 1.37 bits per heavy atom. The van der Waals surface area contributed by atoms with Gasteiger partial charge >= 0.3 is 5.97 Å². The summed E-state index contributed by atoms with van der Waals surface area (Å²) in [5.74, 6) is 0.640. The number of benzene rings is 1. The summed E-state index contributed by atoms with van der Waals surface area (Å²) in [6.07, 6.45) is 4.75. The highest BCUT2D eigenvalue weighted by Gasteiger charge is 2.61. The molecule has 4 heteroatoms. The van der Waals surface area contributed by atoms with E-state index in [4.69, 9.17) is 4.74 Å². The minimum absolute atomic E-state index is 0.101. The van der Waals surface area contributed by atoms with Crippen molar-refractivity contribution >= 4 is 22.8 Å². The van der Waals surface area contributed by atoms with Crippen molar-refractivity contribution in [2.45, 2.75) is 46.6 Å². The molecule has 3 nitrogen and oxygen atoms in total. The number of hydrogen-bond acceptors (Lipinski definition) is 4. The van der Waals surface area contributed by atoms with Crippen LogP contribution in [0.5, 0.6) is 0 Å². The average Bonchev–Trinajstić information content (AvgIpc) is 2.93. The lowest BCUT2D eigenvalue weighted by Gasteiger charge is -2.08. The number of allylic oxidation sites excluding steroid dienone is 2. The Bertz CT molecular complexity index is 791. The van der Waals surface area contributed by atoms with E-state index in [0.29, 0.717) is 6.61 Å². The molecule has 1 heterocycles. The van der Waals surface area contributed by atoms with Crippen LogP contribution in [0.1, 0.15) is 44.7 Å². The second kappa shape index (κ2) is 8.05. The SMILES string of the molecule is C=C(C)CCc1cccc(COC(=O)[C@@H]2[C@H](/C=C3\CCSC3=O)C2(C)C)c1. The highest BCUT2D eigenvalue weighted by molar-refractivity contribution is 8.14. The van der Waals surface area contributed by atoms with Crippen LogP contribution in [0.4, 0.5) is 0 Å². The minimum Gasteiger partial charge on any atom is -0.461 e. The smallest absolute Gasteiger partial charge is 0.310 e. The summed E-state index contributed by atoms with van der Waals surface area (Å²) in [5, 5.41) is 0.163. The molecular weight excluding hydrogens is 356 g/mol. The van der Waals surface area contributed by atoms with Gasteiger partial charge in [-0.05, 0) is 48.6 Å². The maximum absolute atomic E-state index is 12.6. The molecule has 144 valence electrons. The normalized spacial score (nSPS) is 24.9. The Hall–Kier alpha value is -1.81. The molecule has 1 aliphatic heterocycles. The zero-order chi connectivity index (χ0) is 19.6. The Balaban J connectivity index is 1.57. The van der Waals surface area contributed by atoms with E-state index in [0.717, 1.165) is 36.2 Å². The molecule has 2 fully saturated rings. The predicted octanol–water partition coefficient (Wildman–Crippen LogP) is 5.10. The molecule has 0 aromatic heterocycles. The third kappa shape index (κ3) is 4.73. The van der Waals surface area contributed by atoms with Crippen molar-refractivity contribution < 1.29 is 14.3 Å². The molecule has 1 saturated heterocycles. The van der Waals surface area contributed by atoms with Crippen molar-refractivity contribution in [1.29, 1.82) is 0 Å². The molecule has 2 aliphatic rings. The second-order valence-electron chi connectivity index (χ2n) is 8.29. The number of thioether (sulfide) groups is 1. The summed E-state index contributed by atoms with van der Waals surface area (Å²) in [6.45, 7) is 10.4. The highest BCUT2D eigenvalue weighted by Crippen LogP contribution is 2.60. The summed E-state index contributed by atoms with van der Waals surface area (Å²) in [7, 11) is 0. The summed E-state index contributed by atoms with van der Waals surface area (Å²) in [4.78, 5) is 24.4. The molecule has 1 aromatic carbocycles. The first-order valence-corrected chi connectivity index (χ1v) is 10.5. The van der Waals surface area contributed by atoms with Gasteiger partial charge in [0.1, 0.15) is 6.61 Å². The molecule has 0 unspecified atom stereocenters. The van der Waals surface area contributed by atoms with Gasteiger partial charge in [-0.3, -0.25) is 9.59 Å². The van der Waals surface area contributed by atoms with Gasteiger partial charge in [0.15, 0.2) is 0 Å². The van der Waals surface area contributed by atoms with Gasteiger partial charge in [0.05, 0.1) is 5.92 Å². The fourth-order valence-corrected chi connectivity index (χ4v) is 4.60. The van der Waals surface area contributed by atoms with Crippen LogP contribution < -0.4 is 0 Å². The van der Waals surface area contributed by atoms with Crippen molar-refractivity contribution in [2.24, 2.45) is 17.3 Å². The Kier molecular flexibility index (Phi) is 5.95. The molecule has 0 amide bonds. The van der Waals surface area contributed by atoms with Gasteiger partial charge in [0.25, 0.3) is 0 Å². The summed E-state index contributed by atoms with van der Waals surface area (Å²) < 4.78 is 5.61. The molecule has 0 N–H and O–H groups in total. The van der Waals surface area contributed by atoms with Crippen molar-refractivity contribution in [3.63, 3.8) is 0 Å². The Morgan fingerprint density at radius 3 is 2.78 bits per heavy atom. The van der Waals surface area contributed by atoms with E-state index < -0.39 is 0 Å². The van der Waals surface area contributed by atoms with Gasteiger partial charge in [-0.25, -0.2) is 0 Å². The largest absolute Gasteiger partial charge is 0.461 e. The predicted molar refractivity (Wildman–Crippen MR) is 110 cm³/mol. The first-order valence-electron chi connectivity index (χ1n) is 9.55. The standard InChI is InChI=1S/C23H28O3S/c1-15(2)8-9-16-6-5-7-17(12-16)14-26-21(24)20-19(23(20,3)4)13-18-10-11-27-22(18)25/h5-7,12-13,19-20H,1,8-11,14H2,2-4H3/b18-13+/t19-,20-/m0/s1. The Labute approximate surface area is 166 Å². The van der Waals surface area contributed by atoms with Crippen molar-refractivity contribution in [1.82, 2.24) is 0 Å². The lowest BCUT2D eigenvalue weighted by atomic mass is 10.0. The zero-order valence-corrected chi connectivity index (χ0v) is 17.2. The van der Waals surface area contributed by atoms with Crippen LogP contribution in [0.25, 0.3) is 0 Å². The van der Waals surface area contributed by atoms with Gasteiger partial charge in [0, 0.05) is 11.3 Å². The molecule has 1 aromatic rings. The fraction of sp³-hybridized carbons (Fsp3) is 0.478. The molecule has 3 rings (SSSR count). The average molecular weight is 385 g/mol. The number of esters is 1. The molecule has 2 atom stereocenters. The number of hydrogen-bond donors (Lipinski definition) is 0. The third-order valence-electron chi connectivity index (χ3n) is 5.63. The first kappa shape index (κ1) is 19.9. The molecule has 27 heavy (non-hydrogen) atoms. The fourth-order valence-electron chi connectivity index (χ4n) is 3.73. The first-order chi connectivity index (χ1) is 12.8. The van der Waals surface area contributed by atoms with Crippen LogP contribution in [-0.2, 0) is 27.4 Å². The summed E-state index contributed by atoms with van der Waals surface area (Å²) in [5.41, 5.74) is 4.15. The van der Waals surface area contributed by atoms with Crippen LogP contribution in [-0.4, -0.2) is 16.8 Å². The quantitative estimate of drug-likeness (QED) is 0.373. The molecule has 0 bridgehead atoms. The van der Waals surface area contributed by atoms with E-state index >= 15 is 0 Å². The van der Waals surface area contributed by atoms with Crippen LogP contribution >= 0.6 is 11.8 Å². The van der Waals surface area contributed by atoms with Crippen molar-refractivity contribution in [3.8, 4) is 0 Å². The van der Waals surface area contributed by atoms with E-state index in [-0.39, 0.29) is 28.3 Å². The number of carbonyl (C=O) groups excluding carboxylic acids is 2. The van der Waals surface area contributed by atoms with Gasteiger partial charge < -0.3 is 4.74 Å². The molecule has 1 aliphatic carbocycles. The molecule has 1 saturated carbocycles.